The Labute approximate surface area is 119 Å². The van der Waals surface area contributed by atoms with Crippen LogP contribution in [-0.2, 0) is 6.54 Å². The summed E-state index contributed by atoms with van der Waals surface area (Å²) in [5, 5.41) is 5.58. The minimum absolute atomic E-state index is 0.795. The molecule has 20 heavy (non-hydrogen) atoms. The second-order valence-corrected chi connectivity index (χ2v) is 4.75. The second-order valence-electron chi connectivity index (χ2n) is 4.75. The molecule has 3 aromatic rings. The van der Waals surface area contributed by atoms with E-state index in [1.807, 2.05) is 43.4 Å². The number of para-hydroxylation sites is 1. The molecule has 0 heterocycles. The van der Waals surface area contributed by atoms with E-state index in [0.29, 0.717) is 0 Å². The average Bonchev–Trinajstić information content (AvgIpc) is 2.49. The maximum absolute atomic E-state index is 6.03. The number of fused-ring (bicyclic) bond motifs is 1. The molecule has 0 radical (unpaired) electrons. The zero-order valence-electron chi connectivity index (χ0n) is 11.5. The first-order chi connectivity index (χ1) is 9.86. The smallest absolute Gasteiger partial charge is 0.131 e. The monoisotopic (exact) mass is 263 g/mol. The third-order valence-electron chi connectivity index (χ3n) is 3.29. The van der Waals surface area contributed by atoms with Crippen molar-refractivity contribution >= 4 is 10.8 Å². The predicted molar refractivity (Wildman–Crippen MR) is 83.2 cm³/mol. The van der Waals surface area contributed by atoms with Gasteiger partial charge in [-0.1, -0.05) is 48.5 Å². The second kappa shape index (κ2) is 5.76. The molecule has 0 unspecified atom stereocenters. The van der Waals surface area contributed by atoms with E-state index < -0.39 is 0 Å². The summed E-state index contributed by atoms with van der Waals surface area (Å²) < 4.78 is 6.03. The largest absolute Gasteiger partial charge is 0.457 e. The van der Waals surface area contributed by atoms with Crippen LogP contribution in [0.15, 0.2) is 66.7 Å². The van der Waals surface area contributed by atoms with Crippen molar-refractivity contribution in [2.24, 2.45) is 0 Å². The van der Waals surface area contributed by atoms with Gasteiger partial charge in [0.1, 0.15) is 11.5 Å². The van der Waals surface area contributed by atoms with Gasteiger partial charge in [-0.3, -0.25) is 0 Å². The highest BCUT2D eigenvalue weighted by Crippen LogP contribution is 2.28. The minimum atomic E-state index is 0.795. The highest BCUT2D eigenvalue weighted by molar-refractivity contribution is 5.83. The van der Waals surface area contributed by atoms with Gasteiger partial charge in [0.15, 0.2) is 0 Å². The van der Waals surface area contributed by atoms with Gasteiger partial charge in [-0.05, 0) is 36.0 Å². The Balaban J connectivity index is 1.93. The van der Waals surface area contributed by atoms with E-state index in [4.69, 9.17) is 4.74 Å². The Morgan fingerprint density at radius 1 is 0.850 bits per heavy atom. The van der Waals surface area contributed by atoms with Gasteiger partial charge in [-0.15, -0.1) is 0 Å². The van der Waals surface area contributed by atoms with E-state index in [2.05, 4.69) is 35.6 Å². The Bertz CT molecular complexity index is 721. The summed E-state index contributed by atoms with van der Waals surface area (Å²) in [5.41, 5.74) is 1.16. The third-order valence-corrected chi connectivity index (χ3v) is 3.29. The van der Waals surface area contributed by atoms with Crippen LogP contribution in [-0.4, -0.2) is 7.05 Å². The summed E-state index contributed by atoms with van der Waals surface area (Å²) in [6, 6.07) is 22.6. The highest BCUT2D eigenvalue weighted by atomic mass is 16.5. The van der Waals surface area contributed by atoms with Crippen molar-refractivity contribution in [3.8, 4) is 11.5 Å². The topological polar surface area (TPSA) is 21.3 Å². The van der Waals surface area contributed by atoms with Gasteiger partial charge < -0.3 is 10.1 Å². The van der Waals surface area contributed by atoms with Crippen LogP contribution < -0.4 is 10.1 Å². The molecule has 0 fully saturated rings. The molecule has 3 rings (SSSR count). The lowest BCUT2D eigenvalue weighted by Crippen LogP contribution is -2.06. The first kappa shape index (κ1) is 12.7. The highest BCUT2D eigenvalue weighted by Gasteiger charge is 2.04. The number of rotatable bonds is 4. The summed E-state index contributed by atoms with van der Waals surface area (Å²) in [7, 11) is 1.94. The van der Waals surface area contributed by atoms with E-state index in [1.165, 1.54) is 10.8 Å². The fraction of sp³-hybridized carbons (Fsp3) is 0.111. The van der Waals surface area contributed by atoms with Crippen molar-refractivity contribution in [1.29, 1.82) is 0 Å². The number of ether oxygens (including phenoxy) is 1. The Morgan fingerprint density at radius 2 is 1.60 bits per heavy atom. The van der Waals surface area contributed by atoms with Gasteiger partial charge >= 0.3 is 0 Å². The Morgan fingerprint density at radius 3 is 2.45 bits per heavy atom. The number of benzene rings is 3. The zero-order chi connectivity index (χ0) is 13.8. The van der Waals surface area contributed by atoms with E-state index in [1.54, 1.807) is 0 Å². The summed E-state index contributed by atoms with van der Waals surface area (Å²) in [6.45, 7) is 0.795. The van der Waals surface area contributed by atoms with E-state index in [0.717, 1.165) is 23.6 Å². The molecule has 1 N–H and O–H groups in total. The molecular weight excluding hydrogens is 246 g/mol. The van der Waals surface area contributed by atoms with Crippen molar-refractivity contribution < 1.29 is 4.74 Å². The first-order valence-corrected chi connectivity index (χ1v) is 6.76. The van der Waals surface area contributed by atoms with Crippen LogP contribution >= 0.6 is 0 Å². The predicted octanol–water partition coefficient (Wildman–Crippen LogP) is 4.35. The molecule has 2 nitrogen and oxygen atoms in total. The van der Waals surface area contributed by atoms with Crippen LogP contribution in [0, 0.1) is 0 Å². The van der Waals surface area contributed by atoms with Crippen LogP contribution in [0.3, 0.4) is 0 Å². The summed E-state index contributed by atoms with van der Waals surface area (Å²) in [5.74, 6) is 1.77. The molecule has 3 aromatic carbocycles. The summed E-state index contributed by atoms with van der Waals surface area (Å²) in [6.07, 6.45) is 0. The SMILES string of the molecule is CNCc1ccccc1Oc1ccc2ccccc2c1. The van der Waals surface area contributed by atoms with Crippen LogP contribution in [0.1, 0.15) is 5.56 Å². The molecule has 2 heteroatoms. The fourth-order valence-electron chi connectivity index (χ4n) is 2.30. The molecule has 0 spiro atoms. The fourth-order valence-corrected chi connectivity index (χ4v) is 2.30. The van der Waals surface area contributed by atoms with Crippen molar-refractivity contribution in [3.63, 3.8) is 0 Å². The van der Waals surface area contributed by atoms with E-state index in [9.17, 15) is 0 Å². The van der Waals surface area contributed by atoms with E-state index >= 15 is 0 Å². The van der Waals surface area contributed by atoms with Crippen molar-refractivity contribution in [1.82, 2.24) is 5.32 Å². The normalized spacial score (nSPS) is 10.7. The van der Waals surface area contributed by atoms with Crippen LogP contribution in [0.5, 0.6) is 11.5 Å². The van der Waals surface area contributed by atoms with Gasteiger partial charge in [0.05, 0.1) is 0 Å². The lowest BCUT2D eigenvalue weighted by molar-refractivity contribution is 0.475. The maximum atomic E-state index is 6.03. The van der Waals surface area contributed by atoms with Gasteiger partial charge in [0.25, 0.3) is 0 Å². The summed E-state index contributed by atoms with van der Waals surface area (Å²) in [4.78, 5) is 0. The quantitative estimate of drug-likeness (QED) is 0.755. The molecule has 0 amide bonds. The van der Waals surface area contributed by atoms with Crippen LogP contribution in [0.4, 0.5) is 0 Å². The van der Waals surface area contributed by atoms with Crippen molar-refractivity contribution in [2.45, 2.75) is 6.54 Å². The average molecular weight is 263 g/mol. The molecule has 0 aliphatic rings. The molecule has 0 atom stereocenters. The molecule has 0 aromatic heterocycles. The Hall–Kier alpha value is -2.32. The molecule has 0 saturated carbocycles. The standard InChI is InChI=1S/C18H17NO/c1-19-13-16-8-4-5-9-18(16)20-17-11-10-14-6-2-3-7-15(14)12-17/h2-12,19H,13H2,1H3. The molecule has 0 bridgehead atoms. The number of hydrogen-bond donors (Lipinski definition) is 1. The van der Waals surface area contributed by atoms with Crippen LogP contribution in [0.2, 0.25) is 0 Å². The number of nitrogens with one attached hydrogen (secondary N) is 1. The summed E-state index contributed by atoms with van der Waals surface area (Å²) >= 11 is 0. The lowest BCUT2D eigenvalue weighted by atomic mass is 10.1. The first-order valence-electron chi connectivity index (χ1n) is 6.76. The molecule has 100 valence electrons. The van der Waals surface area contributed by atoms with Crippen molar-refractivity contribution in [2.75, 3.05) is 7.05 Å². The van der Waals surface area contributed by atoms with Gasteiger partial charge in [-0.25, -0.2) is 0 Å². The van der Waals surface area contributed by atoms with Gasteiger partial charge in [-0.2, -0.15) is 0 Å². The number of hydrogen-bond acceptors (Lipinski definition) is 2. The zero-order valence-corrected chi connectivity index (χ0v) is 11.5. The minimum Gasteiger partial charge on any atom is -0.457 e. The maximum Gasteiger partial charge on any atom is 0.131 e. The molecule has 0 aliphatic heterocycles. The van der Waals surface area contributed by atoms with Crippen molar-refractivity contribution in [3.05, 3.63) is 72.3 Å². The van der Waals surface area contributed by atoms with Crippen LogP contribution in [0.25, 0.3) is 10.8 Å². The molecule has 0 saturated heterocycles. The third kappa shape index (κ3) is 2.65. The molecule has 0 aliphatic carbocycles. The lowest BCUT2D eigenvalue weighted by Gasteiger charge is -2.11. The molecular formula is C18H17NO. The van der Waals surface area contributed by atoms with Gasteiger partial charge in [0, 0.05) is 12.1 Å². The van der Waals surface area contributed by atoms with E-state index in [-0.39, 0.29) is 0 Å². The Kier molecular flexibility index (Phi) is 3.66. The van der Waals surface area contributed by atoms with Gasteiger partial charge in [0.2, 0.25) is 0 Å².